The summed E-state index contributed by atoms with van der Waals surface area (Å²) < 4.78 is 14.5. The second-order valence-electron chi connectivity index (χ2n) is 5.37. The van der Waals surface area contributed by atoms with Gasteiger partial charge in [0.25, 0.3) is 5.91 Å². The van der Waals surface area contributed by atoms with E-state index in [0.717, 1.165) is 0 Å². The van der Waals surface area contributed by atoms with Gasteiger partial charge in [-0.15, -0.1) is 0 Å². The molecule has 0 aliphatic heterocycles. The number of aryl methyl sites for hydroxylation is 1. The molecule has 120 valence electrons. The Morgan fingerprint density at radius 1 is 1.12 bits per heavy atom. The van der Waals surface area contributed by atoms with Gasteiger partial charge in [0.1, 0.15) is 5.82 Å². The third-order valence-electron chi connectivity index (χ3n) is 3.70. The van der Waals surface area contributed by atoms with Gasteiger partial charge in [-0.2, -0.15) is 4.99 Å². The Hall–Kier alpha value is -3.28. The van der Waals surface area contributed by atoms with Crippen molar-refractivity contribution in [3.63, 3.8) is 0 Å². The molecule has 0 saturated heterocycles. The number of amides is 1. The molecule has 1 heterocycles. The van der Waals surface area contributed by atoms with Crippen molar-refractivity contribution in [3.8, 4) is 11.1 Å². The number of hydrogen-bond donors (Lipinski definition) is 2. The summed E-state index contributed by atoms with van der Waals surface area (Å²) in [7, 11) is 0. The van der Waals surface area contributed by atoms with Crippen LogP contribution in [-0.2, 0) is 0 Å². The average molecular weight is 322 g/mol. The number of aromatic nitrogens is 1. The highest BCUT2D eigenvalue weighted by molar-refractivity contribution is 6.05. The minimum absolute atomic E-state index is 0.300. The first-order valence-corrected chi connectivity index (χ1v) is 7.25. The monoisotopic (exact) mass is 322 g/mol. The fourth-order valence-corrected chi connectivity index (χ4v) is 2.55. The minimum atomic E-state index is -0.559. The molecule has 0 saturated carbocycles. The zero-order chi connectivity index (χ0) is 17.3. The van der Waals surface area contributed by atoms with Crippen LogP contribution in [0.25, 0.3) is 22.0 Å². The number of benzene rings is 2. The molecule has 0 aliphatic rings. The summed E-state index contributed by atoms with van der Waals surface area (Å²) in [5, 5.41) is 0.652. The molecule has 0 atom stereocenters. The molecule has 5 nitrogen and oxygen atoms in total. The Morgan fingerprint density at radius 3 is 2.67 bits per heavy atom. The van der Waals surface area contributed by atoms with Gasteiger partial charge in [-0.05, 0) is 42.3 Å². The molecular weight excluding hydrogens is 307 g/mol. The topological polar surface area (TPSA) is 94.4 Å². The molecule has 0 radical (unpaired) electrons. The van der Waals surface area contributed by atoms with Gasteiger partial charge in [0.05, 0.1) is 5.52 Å². The molecule has 3 rings (SSSR count). The van der Waals surface area contributed by atoms with Gasteiger partial charge in [0.15, 0.2) is 5.96 Å². The molecule has 0 spiro atoms. The third kappa shape index (κ3) is 2.81. The van der Waals surface area contributed by atoms with E-state index in [2.05, 4.69) is 9.98 Å². The predicted molar refractivity (Wildman–Crippen MR) is 92.0 cm³/mol. The second kappa shape index (κ2) is 6.08. The molecule has 0 unspecified atom stereocenters. The maximum Gasteiger partial charge on any atom is 0.280 e. The second-order valence-corrected chi connectivity index (χ2v) is 5.37. The van der Waals surface area contributed by atoms with Gasteiger partial charge in [0.2, 0.25) is 0 Å². The van der Waals surface area contributed by atoms with E-state index in [4.69, 9.17) is 11.5 Å². The van der Waals surface area contributed by atoms with Crippen LogP contribution in [-0.4, -0.2) is 16.9 Å². The lowest BCUT2D eigenvalue weighted by atomic mass is 9.98. The largest absolute Gasteiger partial charge is 0.370 e. The Labute approximate surface area is 137 Å². The highest BCUT2D eigenvalue weighted by Crippen LogP contribution is 2.31. The first-order chi connectivity index (χ1) is 11.5. The van der Waals surface area contributed by atoms with E-state index in [1.807, 2.05) is 0 Å². The molecule has 24 heavy (non-hydrogen) atoms. The molecule has 0 aliphatic carbocycles. The minimum Gasteiger partial charge on any atom is -0.370 e. The lowest BCUT2D eigenvalue weighted by Crippen LogP contribution is -2.24. The predicted octanol–water partition coefficient (Wildman–Crippen LogP) is 2.76. The van der Waals surface area contributed by atoms with Crippen LogP contribution in [0.2, 0.25) is 0 Å². The standard InChI is InChI=1S/C18H15FN4O/c1-10-3-2-4-13(16(10)19)12-7-8-22-15-6-5-11(9-14(12)15)17(24)23-18(20)21/h2-9H,1H3,(H4,20,21,23,24). The molecule has 0 fully saturated rings. The number of carbonyl (C=O) groups is 1. The fraction of sp³-hybridized carbons (Fsp3) is 0.0556. The van der Waals surface area contributed by atoms with Crippen LogP contribution in [0.5, 0.6) is 0 Å². The third-order valence-corrected chi connectivity index (χ3v) is 3.70. The van der Waals surface area contributed by atoms with Crippen molar-refractivity contribution in [2.75, 3.05) is 0 Å². The zero-order valence-electron chi connectivity index (χ0n) is 13.0. The quantitative estimate of drug-likeness (QED) is 0.560. The maximum absolute atomic E-state index is 14.5. The highest BCUT2D eigenvalue weighted by Gasteiger charge is 2.13. The van der Waals surface area contributed by atoms with Gasteiger partial charge in [-0.25, -0.2) is 4.39 Å². The summed E-state index contributed by atoms with van der Waals surface area (Å²) in [5.74, 6) is -1.17. The summed E-state index contributed by atoms with van der Waals surface area (Å²) in [6.07, 6.45) is 1.61. The number of nitrogens with two attached hydrogens (primary N) is 2. The molecule has 4 N–H and O–H groups in total. The first-order valence-electron chi connectivity index (χ1n) is 7.25. The molecular formula is C18H15FN4O. The van der Waals surface area contributed by atoms with Crippen LogP contribution in [0.1, 0.15) is 15.9 Å². The number of rotatable bonds is 2. The Balaban J connectivity index is 2.24. The Bertz CT molecular complexity index is 978. The number of pyridine rings is 1. The van der Waals surface area contributed by atoms with Crippen LogP contribution in [0, 0.1) is 12.7 Å². The number of hydrogen-bond acceptors (Lipinski definition) is 2. The summed E-state index contributed by atoms with van der Waals surface area (Å²) in [6, 6.07) is 11.8. The lowest BCUT2D eigenvalue weighted by molar-refractivity contribution is 0.100. The number of guanidine groups is 1. The number of nitrogens with zero attached hydrogens (tertiary/aromatic N) is 2. The Morgan fingerprint density at radius 2 is 1.92 bits per heavy atom. The molecule has 6 heteroatoms. The van der Waals surface area contributed by atoms with Crippen molar-refractivity contribution in [2.24, 2.45) is 16.5 Å². The smallest absolute Gasteiger partial charge is 0.280 e. The van der Waals surface area contributed by atoms with E-state index in [-0.39, 0.29) is 11.8 Å². The van der Waals surface area contributed by atoms with E-state index in [0.29, 0.717) is 33.2 Å². The molecule has 1 amide bonds. The normalized spacial score (nSPS) is 10.6. The number of aliphatic imine (C=N–C) groups is 1. The van der Waals surface area contributed by atoms with Crippen molar-refractivity contribution in [1.82, 2.24) is 4.98 Å². The van der Waals surface area contributed by atoms with Crippen LogP contribution in [0.3, 0.4) is 0 Å². The first kappa shape index (κ1) is 15.6. The van der Waals surface area contributed by atoms with E-state index in [9.17, 15) is 9.18 Å². The lowest BCUT2D eigenvalue weighted by Gasteiger charge is -2.10. The van der Waals surface area contributed by atoms with Gasteiger partial charge >= 0.3 is 0 Å². The molecule has 2 aromatic carbocycles. The summed E-state index contributed by atoms with van der Waals surface area (Å²) in [6.45, 7) is 1.70. The number of carbonyl (C=O) groups excluding carboxylic acids is 1. The van der Waals surface area contributed by atoms with Gasteiger partial charge < -0.3 is 11.5 Å². The van der Waals surface area contributed by atoms with E-state index in [1.54, 1.807) is 55.6 Å². The van der Waals surface area contributed by atoms with Crippen LogP contribution < -0.4 is 11.5 Å². The van der Waals surface area contributed by atoms with Crippen LogP contribution in [0.15, 0.2) is 53.7 Å². The summed E-state index contributed by atoms with van der Waals surface area (Å²) in [5.41, 5.74) is 13.1. The fourth-order valence-electron chi connectivity index (χ4n) is 2.55. The highest BCUT2D eigenvalue weighted by atomic mass is 19.1. The van der Waals surface area contributed by atoms with Gasteiger partial charge in [-0.1, -0.05) is 18.2 Å². The number of halogens is 1. The number of fused-ring (bicyclic) bond motifs is 1. The zero-order valence-corrected chi connectivity index (χ0v) is 13.0. The molecule has 0 bridgehead atoms. The van der Waals surface area contributed by atoms with E-state index in [1.165, 1.54) is 0 Å². The SMILES string of the molecule is Cc1cccc(-c2ccnc3ccc(C(=O)N=C(N)N)cc23)c1F. The summed E-state index contributed by atoms with van der Waals surface area (Å²) >= 11 is 0. The Kier molecular flexibility index (Phi) is 3.95. The van der Waals surface area contributed by atoms with Crippen molar-refractivity contribution in [2.45, 2.75) is 6.92 Å². The van der Waals surface area contributed by atoms with Gasteiger partial charge in [0, 0.05) is 22.7 Å². The van der Waals surface area contributed by atoms with Crippen molar-refractivity contribution >= 4 is 22.8 Å². The van der Waals surface area contributed by atoms with Crippen molar-refractivity contribution in [3.05, 3.63) is 65.6 Å². The van der Waals surface area contributed by atoms with E-state index >= 15 is 0 Å². The van der Waals surface area contributed by atoms with Crippen LogP contribution in [0.4, 0.5) is 4.39 Å². The average Bonchev–Trinajstić information content (AvgIpc) is 2.56. The molecule has 1 aromatic heterocycles. The van der Waals surface area contributed by atoms with Crippen LogP contribution >= 0.6 is 0 Å². The molecule has 3 aromatic rings. The van der Waals surface area contributed by atoms with Crippen molar-refractivity contribution in [1.29, 1.82) is 0 Å². The maximum atomic E-state index is 14.5. The van der Waals surface area contributed by atoms with Crippen molar-refractivity contribution < 1.29 is 9.18 Å². The van der Waals surface area contributed by atoms with Gasteiger partial charge in [-0.3, -0.25) is 9.78 Å². The summed E-state index contributed by atoms with van der Waals surface area (Å²) in [4.78, 5) is 19.8. The van der Waals surface area contributed by atoms with E-state index < -0.39 is 5.91 Å².